The van der Waals surface area contributed by atoms with Crippen LogP contribution in [-0.4, -0.2) is 65.2 Å². The molecule has 0 heterocycles. The van der Waals surface area contributed by atoms with Crippen molar-refractivity contribution in [2.75, 3.05) is 11.9 Å². The van der Waals surface area contributed by atoms with Crippen molar-refractivity contribution in [2.24, 2.45) is 17.3 Å². The molecule has 3 aliphatic carbocycles. The van der Waals surface area contributed by atoms with Crippen LogP contribution in [0.25, 0.3) is 0 Å². The first-order valence-corrected chi connectivity index (χ1v) is 15.6. The number of rotatable bonds is 9. The van der Waals surface area contributed by atoms with Gasteiger partial charge in [-0.2, -0.15) is 0 Å². The van der Waals surface area contributed by atoms with Gasteiger partial charge >= 0.3 is 0 Å². The van der Waals surface area contributed by atoms with Crippen LogP contribution in [0.5, 0.6) is 0 Å². The Morgan fingerprint density at radius 3 is 2.16 bits per heavy atom. The maximum atomic E-state index is 13.6. The van der Waals surface area contributed by atoms with E-state index in [1.165, 1.54) is 12.1 Å². The quantitative estimate of drug-likeness (QED) is 0.261. The number of aliphatic hydroxyl groups excluding tert-OH is 2. The van der Waals surface area contributed by atoms with E-state index in [0.29, 0.717) is 18.6 Å². The fourth-order valence-electron chi connectivity index (χ4n) is 5.79. The third-order valence-corrected chi connectivity index (χ3v) is 11.0. The number of sulfone groups is 1. The average Bonchev–Trinajstić information content (AvgIpc) is 2.93. The van der Waals surface area contributed by atoms with E-state index < -0.39 is 73.5 Å². The van der Waals surface area contributed by atoms with Crippen molar-refractivity contribution in [2.45, 2.75) is 74.4 Å². The zero-order valence-corrected chi connectivity index (χ0v) is 25.3. The van der Waals surface area contributed by atoms with Crippen molar-refractivity contribution in [1.29, 1.82) is 0 Å². The van der Waals surface area contributed by atoms with Crippen LogP contribution in [0.15, 0.2) is 35.2 Å². The maximum Gasteiger partial charge on any atom is 0.255 e. The number of hydrogen-bond acceptors (Lipinski definition) is 7. The normalized spacial score (nSPS) is 24.9. The van der Waals surface area contributed by atoms with Crippen LogP contribution in [0.4, 0.5) is 18.9 Å². The summed E-state index contributed by atoms with van der Waals surface area (Å²) < 4.78 is 67.6. The lowest BCUT2D eigenvalue weighted by Gasteiger charge is -2.59. The average molecular weight is 647 g/mol. The third kappa shape index (κ3) is 6.70. The van der Waals surface area contributed by atoms with E-state index in [9.17, 15) is 46.5 Å². The Morgan fingerprint density at radius 2 is 1.60 bits per heavy atom. The summed E-state index contributed by atoms with van der Waals surface area (Å²) in [5, 5.41) is 35.9. The molecule has 43 heavy (non-hydrogen) atoms. The standard InChI is InChI=1S/C29H34ClF3N2O7S/c1-28(2,3)27(39)34-13-23(37)22(36)12-29(40)15-7-16(29)9-18(8-15)43(41,42)24-6-14(4-5-19(24)30)26(38)35-17-10-20(31)25(33)21(32)11-17/h4-6,10-11,15-16,18,22-23,36-37,40H,7-9,12-13H2,1-3H3,(H,34,39)(H,35,38). The SMILES string of the molecule is CC(C)(C)C(=O)NCC(O)C(O)CC1(O)C2CC1CC(S(=O)(=O)c1cc(C(=O)Nc3cc(F)c(F)c(F)c3)ccc1Cl)C2. The second-order valence-corrected chi connectivity index (χ2v) is 15.0. The Balaban J connectivity index is 1.43. The second kappa shape index (κ2) is 12.0. The van der Waals surface area contributed by atoms with Gasteiger partial charge in [-0.25, -0.2) is 21.6 Å². The van der Waals surface area contributed by atoms with Gasteiger partial charge in [0.05, 0.1) is 33.0 Å². The lowest BCUT2D eigenvalue weighted by Crippen LogP contribution is -2.63. The number of carbonyl (C=O) groups is 2. The van der Waals surface area contributed by atoms with Crippen LogP contribution < -0.4 is 10.6 Å². The molecule has 2 bridgehead atoms. The van der Waals surface area contributed by atoms with E-state index >= 15 is 0 Å². The largest absolute Gasteiger partial charge is 0.390 e. The third-order valence-electron chi connectivity index (χ3n) is 8.39. The highest BCUT2D eigenvalue weighted by molar-refractivity contribution is 7.92. The minimum Gasteiger partial charge on any atom is -0.390 e. The van der Waals surface area contributed by atoms with Crippen LogP contribution in [0.2, 0.25) is 5.02 Å². The number of hydrogen-bond donors (Lipinski definition) is 5. The number of nitrogens with one attached hydrogen (secondary N) is 2. The number of fused-ring (bicyclic) bond motifs is 2. The van der Waals surface area contributed by atoms with Gasteiger partial charge in [-0.05, 0) is 49.3 Å². The van der Waals surface area contributed by atoms with Crippen LogP contribution in [0, 0.1) is 34.7 Å². The molecule has 0 saturated heterocycles. The van der Waals surface area contributed by atoms with Crippen molar-refractivity contribution >= 4 is 38.9 Å². The number of anilines is 1. The smallest absolute Gasteiger partial charge is 0.255 e. The molecule has 236 valence electrons. The van der Waals surface area contributed by atoms with Gasteiger partial charge in [0.15, 0.2) is 27.3 Å². The minimum atomic E-state index is -4.12. The fraction of sp³-hybridized carbons (Fsp3) is 0.517. The van der Waals surface area contributed by atoms with Crippen molar-refractivity contribution in [3.05, 3.63) is 58.4 Å². The Kier molecular flexibility index (Phi) is 9.26. The zero-order valence-electron chi connectivity index (χ0n) is 23.7. The fourth-order valence-corrected chi connectivity index (χ4v) is 8.19. The van der Waals surface area contributed by atoms with Gasteiger partial charge in [0.2, 0.25) is 5.91 Å². The van der Waals surface area contributed by atoms with Crippen LogP contribution in [-0.2, 0) is 14.6 Å². The molecule has 14 heteroatoms. The number of halogens is 4. The van der Waals surface area contributed by atoms with Gasteiger partial charge in [-0.15, -0.1) is 0 Å². The number of carbonyl (C=O) groups excluding carboxylic acids is 2. The monoisotopic (exact) mass is 646 g/mol. The topological polar surface area (TPSA) is 153 Å². The predicted octanol–water partition coefficient (Wildman–Crippen LogP) is 3.59. The van der Waals surface area contributed by atoms with E-state index in [2.05, 4.69) is 10.6 Å². The molecule has 0 aliphatic heterocycles. The summed E-state index contributed by atoms with van der Waals surface area (Å²) in [6, 6.07) is 4.63. The van der Waals surface area contributed by atoms with Gasteiger partial charge < -0.3 is 26.0 Å². The molecule has 0 radical (unpaired) electrons. The van der Waals surface area contributed by atoms with E-state index in [1.807, 2.05) is 0 Å². The molecule has 2 aromatic carbocycles. The highest BCUT2D eigenvalue weighted by Gasteiger charge is 2.60. The van der Waals surface area contributed by atoms with Crippen molar-refractivity contribution in [3.63, 3.8) is 0 Å². The molecular weight excluding hydrogens is 613 g/mol. The van der Waals surface area contributed by atoms with Gasteiger partial charge in [0.1, 0.15) is 0 Å². The molecule has 4 unspecified atom stereocenters. The molecule has 0 spiro atoms. The molecule has 3 aliphatic rings. The highest BCUT2D eigenvalue weighted by atomic mass is 35.5. The second-order valence-electron chi connectivity index (χ2n) is 12.4. The molecule has 2 aromatic rings. The summed E-state index contributed by atoms with van der Waals surface area (Å²) in [5.41, 5.74) is -2.66. The maximum absolute atomic E-state index is 13.6. The summed E-state index contributed by atoms with van der Waals surface area (Å²) in [5.74, 6) is -6.95. The molecule has 0 aromatic heterocycles. The van der Waals surface area contributed by atoms with Crippen LogP contribution in [0.3, 0.4) is 0 Å². The molecule has 2 amide bonds. The molecule has 4 atom stereocenters. The molecule has 5 rings (SSSR count). The Morgan fingerprint density at radius 1 is 1.02 bits per heavy atom. The molecular formula is C29H34ClF3N2O7S. The van der Waals surface area contributed by atoms with Crippen molar-refractivity contribution in [1.82, 2.24) is 5.32 Å². The summed E-state index contributed by atoms with van der Waals surface area (Å²) in [7, 11) is -4.12. The van der Waals surface area contributed by atoms with E-state index in [1.54, 1.807) is 20.8 Å². The van der Waals surface area contributed by atoms with Crippen LogP contribution >= 0.6 is 11.6 Å². The van der Waals surface area contributed by atoms with E-state index in [0.717, 1.165) is 6.07 Å². The summed E-state index contributed by atoms with van der Waals surface area (Å²) >= 11 is 6.22. The molecule has 3 fully saturated rings. The summed E-state index contributed by atoms with van der Waals surface area (Å²) in [6.45, 7) is 4.88. The van der Waals surface area contributed by atoms with Gasteiger partial charge in [0.25, 0.3) is 5.91 Å². The molecule has 3 saturated carbocycles. The highest BCUT2D eigenvalue weighted by Crippen LogP contribution is 2.57. The van der Waals surface area contributed by atoms with Crippen molar-refractivity contribution < 1.29 is 46.5 Å². The zero-order chi connectivity index (χ0) is 32.1. The Labute approximate surface area is 252 Å². The number of amides is 2. The number of benzene rings is 2. The first-order valence-electron chi connectivity index (χ1n) is 13.7. The van der Waals surface area contributed by atoms with Crippen LogP contribution in [0.1, 0.15) is 56.8 Å². The lowest BCUT2D eigenvalue weighted by atomic mass is 9.52. The van der Waals surface area contributed by atoms with Crippen molar-refractivity contribution in [3.8, 4) is 0 Å². The van der Waals surface area contributed by atoms with E-state index in [4.69, 9.17) is 11.6 Å². The molecule has 9 nitrogen and oxygen atoms in total. The Bertz CT molecular complexity index is 1500. The predicted molar refractivity (Wildman–Crippen MR) is 152 cm³/mol. The summed E-state index contributed by atoms with van der Waals surface area (Å²) in [6.07, 6.45) is -2.31. The van der Waals surface area contributed by atoms with Gasteiger partial charge in [-0.3, -0.25) is 9.59 Å². The minimum absolute atomic E-state index is 0.0415. The first kappa shape index (κ1) is 33.2. The molecule has 5 N–H and O–H groups in total. The summed E-state index contributed by atoms with van der Waals surface area (Å²) in [4.78, 5) is 24.5. The lowest BCUT2D eigenvalue weighted by molar-refractivity contribution is -0.199. The Hall–Kier alpha value is -2.71. The number of aliphatic hydroxyl groups is 3. The first-order chi connectivity index (χ1) is 19.8. The van der Waals surface area contributed by atoms with Gasteiger partial charge in [-0.1, -0.05) is 32.4 Å². The van der Waals surface area contributed by atoms with E-state index in [-0.39, 0.29) is 52.9 Å². The van der Waals surface area contributed by atoms with Gasteiger partial charge in [0, 0.05) is 41.8 Å².